The summed E-state index contributed by atoms with van der Waals surface area (Å²) in [4.78, 5) is 23.5. The molecule has 0 fully saturated rings. The van der Waals surface area contributed by atoms with Gasteiger partial charge in [0.05, 0.1) is 17.2 Å². The molecule has 1 aliphatic heterocycles. The van der Waals surface area contributed by atoms with Crippen molar-refractivity contribution in [1.82, 2.24) is 5.32 Å². The van der Waals surface area contributed by atoms with Crippen LogP contribution in [0.2, 0.25) is 0 Å². The normalized spacial score (nSPS) is 19.2. The highest BCUT2D eigenvalue weighted by Crippen LogP contribution is 2.20. The summed E-state index contributed by atoms with van der Waals surface area (Å²) < 4.78 is 13.5. The SMILES string of the molecule is NCC[C@@H]1NC(=O)c2cccc(F)c2C1=O. The summed E-state index contributed by atoms with van der Waals surface area (Å²) in [5, 5.41) is 2.52. The minimum Gasteiger partial charge on any atom is -0.342 e. The molecule has 0 radical (unpaired) electrons. The van der Waals surface area contributed by atoms with Crippen molar-refractivity contribution < 1.29 is 14.0 Å². The van der Waals surface area contributed by atoms with E-state index in [9.17, 15) is 14.0 Å². The van der Waals surface area contributed by atoms with Crippen LogP contribution in [0.15, 0.2) is 18.2 Å². The number of carbonyl (C=O) groups is 2. The van der Waals surface area contributed by atoms with Crippen LogP contribution in [-0.4, -0.2) is 24.3 Å². The third-order valence-electron chi connectivity index (χ3n) is 2.58. The molecule has 4 nitrogen and oxygen atoms in total. The molecule has 3 N–H and O–H groups in total. The molecule has 0 spiro atoms. The van der Waals surface area contributed by atoms with Crippen molar-refractivity contribution in [3.05, 3.63) is 35.1 Å². The lowest BCUT2D eigenvalue weighted by atomic mass is 9.92. The van der Waals surface area contributed by atoms with Crippen molar-refractivity contribution in [1.29, 1.82) is 0 Å². The molecule has 0 aliphatic carbocycles. The molecule has 0 saturated heterocycles. The van der Waals surface area contributed by atoms with Crippen molar-refractivity contribution in [2.75, 3.05) is 6.54 Å². The first-order chi connectivity index (χ1) is 7.65. The van der Waals surface area contributed by atoms with Gasteiger partial charge in [0, 0.05) is 0 Å². The van der Waals surface area contributed by atoms with Gasteiger partial charge in [0.15, 0.2) is 5.78 Å². The predicted molar refractivity (Wildman–Crippen MR) is 55.7 cm³/mol. The quantitative estimate of drug-likeness (QED) is 0.764. The van der Waals surface area contributed by atoms with E-state index in [2.05, 4.69) is 5.32 Å². The Morgan fingerprint density at radius 2 is 2.12 bits per heavy atom. The van der Waals surface area contributed by atoms with Gasteiger partial charge in [0.2, 0.25) is 0 Å². The lowest BCUT2D eigenvalue weighted by molar-refractivity contribution is 0.0820. The summed E-state index contributed by atoms with van der Waals surface area (Å²) in [5.41, 5.74) is 5.30. The Morgan fingerprint density at radius 3 is 2.81 bits per heavy atom. The second kappa shape index (κ2) is 4.02. The molecule has 0 aromatic heterocycles. The number of hydrogen-bond donors (Lipinski definition) is 2. The topological polar surface area (TPSA) is 72.2 Å². The number of carbonyl (C=O) groups excluding carboxylic acids is 2. The van der Waals surface area contributed by atoms with Gasteiger partial charge < -0.3 is 11.1 Å². The molecule has 1 aliphatic rings. The standard InChI is InChI=1S/C11H11FN2O2/c12-7-3-1-2-6-9(7)10(15)8(4-5-13)14-11(6)16/h1-3,8H,4-5,13H2,(H,14,16)/t8-/m0/s1. The molecule has 1 amide bonds. The summed E-state index contributed by atoms with van der Waals surface area (Å²) in [7, 11) is 0. The van der Waals surface area contributed by atoms with E-state index in [-0.39, 0.29) is 17.7 Å². The van der Waals surface area contributed by atoms with E-state index in [1.54, 1.807) is 0 Å². The summed E-state index contributed by atoms with van der Waals surface area (Å²) in [5.74, 6) is -1.48. The van der Waals surface area contributed by atoms with Gasteiger partial charge in [-0.1, -0.05) is 6.07 Å². The molecule has 0 unspecified atom stereocenters. The van der Waals surface area contributed by atoms with Crippen molar-refractivity contribution in [2.45, 2.75) is 12.5 Å². The summed E-state index contributed by atoms with van der Waals surface area (Å²) in [6, 6.07) is 3.31. The van der Waals surface area contributed by atoms with Gasteiger partial charge in [-0.3, -0.25) is 9.59 Å². The first-order valence-electron chi connectivity index (χ1n) is 4.99. The lowest BCUT2D eigenvalue weighted by Gasteiger charge is -2.24. The van der Waals surface area contributed by atoms with Crippen LogP contribution in [0.1, 0.15) is 27.1 Å². The first-order valence-corrected chi connectivity index (χ1v) is 4.99. The zero-order chi connectivity index (χ0) is 11.7. The van der Waals surface area contributed by atoms with Gasteiger partial charge in [-0.15, -0.1) is 0 Å². The van der Waals surface area contributed by atoms with E-state index in [0.717, 1.165) is 0 Å². The minimum absolute atomic E-state index is 0.0956. The molecule has 5 heteroatoms. The molecular weight excluding hydrogens is 211 g/mol. The van der Waals surface area contributed by atoms with Gasteiger partial charge in [0.25, 0.3) is 5.91 Å². The molecule has 84 valence electrons. The lowest BCUT2D eigenvalue weighted by Crippen LogP contribution is -2.47. The van der Waals surface area contributed by atoms with Crippen molar-refractivity contribution in [2.24, 2.45) is 5.73 Å². The summed E-state index contributed by atoms with van der Waals surface area (Å²) in [6.45, 7) is 0.264. The highest BCUT2D eigenvalue weighted by molar-refractivity contribution is 6.15. The second-order valence-corrected chi connectivity index (χ2v) is 3.63. The number of nitrogens with two attached hydrogens (primary N) is 1. The van der Waals surface area contributed by atoms with E-state index in [1.807, 2.05) is 0 Å². The Kier molecular flexibility index (Phi) is 2.70. The molecule has 1 heterocycles. The smallest absolute Gasteiger partial charge is 0.252 e. The van der Waals surface area contributed by atoms with Gasteiger partial charge in [-0.2, -0.15) is 0 Å². The summed E-state index contributed by atoms with van der Waals surface area (Å²) >= 11 is 0. The van der Waals surface area contributed by atoms with Gasteiger partial charge in [0.1, 0.15) is 5.82 Å². The Morgan fingerprint density at radius 1 is 1.38 bits per heavy atom. The van der Waals surface area contributed by atoms with E-state index in [4.69, 9.17) is 5.73 Å². The fourth-order valence-electron chi connectivity index (χ4n) is 1.81. The van der Waals surface area contributed by atoms with Crippen LogP contribution in [0.4, 0.5) is 4.39 Å². The van der Waals surface area contributed by atoms with Crippen LogP contribution in [0.25, 0.3) is 0 Å². The monoisotopic (exact) mass is 222 g/mol. The van der Waals surface area contributed by atoms with Crippen molar-refractivity contribution in [3.63, 3.8) is 0 Å². The van der Waals surface area contributed by atoms with Crippen LogP contribution in [-0.2, 0) is 0 Å². The van der Waals surface area contributed by atoms with Gasteiger partial charge in [-0.05, 0) is 25.1 Å². The minimum atomic E-state index is -0.707. The summed E-state index contributed by atoms with van der Waals surface area (Å²) in [6.07, 6.45) is 0.318. The predicted octanol–water partition coefficient (Wildman–Crippen LogP) is 0.469. The van der Waals surface area contributed by atoms with Crippen LogP contribution in [0.5, 0.6) is 0 Å². The zero-order valence-electron chi connectivity index (χ0n) is 8.50. The molecule has 1 aromatic carbocycles. The highest BCUT2D eigenvalue weighted by Gasteiger charge is 2.33. The van der Waals surface area contributed by atoms with Crippen LogP contribution in [0, 0.1) is 5.82 Å². The van der Waals surface area contributed by atoms with Crippen LogP contribution in [0.3, 0.4) is 0 Å². The maximum absolute atomic E-state index is 13.5. The average molecular weight is 222 g/mol. The third-order valence-corrected chi connectivity index (χ3v) is 2.58. The fraction of sp³-hybridized carbons (Fsp3) is 0.273. The van der Waals surface area contributed by atoms with Crippen LogP contribution < -0.4 is 11.1 Å². The number of fused-ring (bicyclic) bond motifs is 1. The molecule has 1 aromatic rings. The highest BCUT2D eigenvalue weighted by atomic mass is 19.1. The number of Topliss-reactive ketones (excluding diaryl/α,β-unsaturated/α-hetero) is 1. The van der Waals surface area contributed by atoms with E-state index in [1.165, 1.54) is 18.2 Å². The van der Waals surface area contributed by atoms with E-state index in [0.29, 0.717) is 6.42 Å². The molecule has 16 heavy (non-hydrogen) atoms. The largest absolute Gasteiger partial charge is 0.342 e. The number of hydrogen-bond acceptors (Lipinski definition) is 3. The fourth-order valence-corrected chi connectivity index (χ4v) is 1.81. The van der Waals surface area contributed by atoms with Crippen molar-refractivity contribution >= 4 is 11.7 Å². The number of ketones is 1. The van der Waals surface area contributed by atoms with Gasteiger partial charge >= 0.3 is 0 Å². The Hall–Kier alpha value is -1.75. The first kappa shape index (κ1) is 10.8. The Balaban J connectivity index is 2.49. The Labute approximate surface area is 91.6 Å². The molecule has 1 atom stereocenters. The maximum atomic E-state index is 13.5. The third kappa shape index (κ3) is 1.59. The maximum Gasteiger partial charge on any atom is 0.252 e. The van der Waals surface area contributed by atoms with Crippen LogP contribution >= 0.6 is 0 Å². The zero-order valence-corrected chi connectivity index (χ0v) is 8.50. The van der Waals surface area contributed by atoms with E-state index >= 15 is 0 Å². The number of amides is 1. The molecule has 0 saturated carbocycles. The number of nitrogens with one attached hydrogen (secondary N) is 1. The number of benzene rings is 1. The Bertz CT molecular complexity index is 459. The number of rotatable bonds is 2. The molecule has 2 rings (SSSR count). The molecular formula is C11H11FN2O2. The van der Waals surface area contributed by atoms with E-state index < -0.39 is 23.5 Å². The second-order valence-electron chi connectivity index (χ2n) is 3.63. The van der Waals surface area contributed by atoms with Crippen molar-refractivity contribution in [3.8, 4) is 0 Å². The molecule has 0 bridgehead atoms. The number of halogens is 1. The average Bonchev–Trinajstić information content (AvgIpc) is 2.25. The van der Waals surface area contributed by atoms with Gasteiger partial charge in [-0.25, -0.2) is 4.39 Å².